The number of aromatic hydroxyl groups is 1. The van der Waals surface area contributed by atoms with Crippen LogP contribution in [0.2, 0.25) is 0 Å². The number of hydrogen-bond acceptors (Lipinski definition) is 1. The van der Waals surface area contributed by atoms with E-state index in [1.807, 2.05) is 24.3 Å². The number of rotatable bonds is 1. The second-order valence-corrected chi connectivity index (χ2v) is 3.37. The third-order valence-electron chi connectivity index (χ3n) is 2.30. The van der Waals surface area contributed by atoms with Crippen LogP contribution in [0.5, 0.6) is 5.75 Å². The van der Waals surface area contributed by atoms with Crippen molar-refractivity contribution in [2.45, 2.75) is 6.92 Å². The summed E-state index contributed by atoms with van der Waals surface area (Å²) in [7, 11) is 0. The van der Waals surface area contributed by atoms with Gasteiger partial charge >= 0.3 is 0 Å². The molecule has 14 heavy (non-hydrogen) atoms. The topological polar surface area (TPSA) is 20.2 Å². The molecule has 0 aromatic heterocycles. The Labute approximate surface area is 83.6 Å². The van der Waals surface area contributed by atoms with Gasteiger partial charge in [-0.1, -0.05) is 36.4 Å². The van der Waals surface area contributed by atoms with Crippen LogP contribution in [0.3, 0.4) is 0 Å². The number of phenolic OH excluding ortho intramolecular Hbond substituents is 1. The monoisotopic (exact) mass is 184 g/mol. The molecule has 0 fully saturated rings. The lowest BCUT2D eigenvalue weighted by Gasteiger charge is -2.05. The summed E-state index contributed by atoms with van der Waals surface area (Å²) in [6.45, 7) is 2.07. The predicted octanol–water partition coefficient (Wildman–Crippen LogP) is 3.37. The molecule has 1 nitrogen and oxygen atoms in total. The van der Waals surface area contributed by atoms with Crippen LogP contribution < -0.4 is 0 Å². The molecule has 0 aliphatic rings. The second-order valence-electron chi connectivity index (χ2n) is 3.37. The molecule has 2 aromatic carbocycles. The Hall–Kier alpha value is -1.76. The lowest BCUT2D eigenvalue weighted by Crippen LogP contribution is -1.81. The molecule has 1 N–H and O–H groups in total. The fourth-order valence-electron chi connectivity index (χ4n) is 1.57. The van der Waals surface area contributed by atoms with E-state index in [1.54, 1.807) is 12.1 Å². The molecule has 0 saturated heterocycles. The van der Waals surface area contributed by atoms with E-state index in [1.165, 1.54) is 11.1 Å². The van der Waals surface area contributed by atoms with Gasteiger partial charge in [0.25, 0.3) is 0 Å². The van der Waals surface area contributed by atoms with E-state index in [-0.39, 0.29) is 0 Å². The van der Waals surface area contributed by atoms with Crippen LogP contribution in [0, 0.1) is 6.92 Å². The van der Waals surface area contributed by atoms with Crippen LogP contribution in [0.15, 0.2) is 48.5 Å². The first-order valence-corrected chi connectivity index (χ1v) is 4.62. The summed E-state index contributed by atoms with van der Waals surface area (Å²) < 4.78 is 0. The number of phenols is 1. The Bertz CT molecular complexity index is 446. The van der Waals surface area contributed by atoms with Gasteiger partial charge in [-0.2, -0.15) is 0 Å². The molecule has 0 unspecified atom stereocenters. The number of aryl methyl sites for hydroxylation is 1. The lowest BCUT2D eigenvalue weighted by atomic mass is 10.0. The van der Waals surface area contributed by atoms with Crippen molar-refractivity contribution < 1.29 is 5.11 Å². The minimum Gasteiger partial charge on any atom is -0.508 e. The third-order valence-corrected chi connectivity index (χ3v) is 2.30. The standard InChI is InChI=1S/C13H12O/c1-10-5-2-3-8-13(10)11-6-4-7-12(14)9-11/h2-9,14H,1H3. The molecule has 0 atom stereocenters. The highest BCUT2D eigenvalue weighted by molar-refractivity contribution is 5.68. The predicted molar refractivity (Wildman–Crippen MR) is 58.3 cm³/mol. The number of benzene rings is 2. The van der Waals surface area contributed by atoms with Gasteiger partial charge in [0.2, 0.25) is 0 Å². The van der Waals surface area contributed by atoms with E-state index < -0.39 is 0 Å². The first-order valence-electron chi connectivity index (χ1n) is 4.62. The Kier molecular flexibility index (Phi) is 2.23. The zero-order valence-electron chi connectivity index (χ0n) is 8.07. The van der Waals surface area contributed by atoms with E-state index in [9.17, 15) is 5.11 Å². The van der Waals surface area contributed by atoms with E-state index in [4.69, 9.17) is 0 Å². The molecule has 70 valence electrons. The third kappa shape index (κ3) is 1.62. The van der Waals surface area contributed by atoms with E-state index in [0.717, 1.165) is 5.56 Å². The Balaban J connectivity index is 2.55. The van der Waals surface area contributed by atoms with Crippen molar-refractivity contribution in [3.05, 3.63) is 54.1 Å². The van der Waals surface area contributed by atoms with Gasteiger partial charge in [0, 0.05) is 0 Å². The van der Waals surface area contributed by atoms with Gasteiger partial charge in [0.05, 0.1) is 0 Å². The van der Waals surface area contributed by atoms with Crippen LogP contribution in [0.25, 0.3) is 11.1 Å². The summed E-state index contributed by atoms with van der Waals surface area (Å²) in [4.78, 5) is 0. The molecule has 0 saturated carbocycles. The number of hydrogen-bond donors (Lipinski definition) is 1. The summed E-state index contributed by atoms with van der Waals surface area (Å²) in [5, 5.41) is 9.37. The van der Waals surface area contributed by atoms with Crippen LogP contribution in [-0.4, -0.2) is 5.11 Å². The second kappa shape index (κ2) is 3.54. The Morgan fingerprint density at radius 1 is 0.929 bits per heavy atom. The minimum absolute atomic E-state index is 0.311. The molecule has 2 rings (SSSR count). The largest absolute Gasteiger partial charge is 0.508 e. The SMILES string of the molecule is Cc1ccccc1-c1cccc(O)c1. The summed E-state index contributed by atoms with van der Waals surface area (Å²) in [6.07, 6.45) is 0. The lowest BCUT2D eigenvalue weighted by molar-refractivity contribution is 0.475. The van der Waals surface area contributed by atoms with Gasteiger partial charge in [-0.05, 0) is 35.7 Å². The summed E-state index contributed by atoms with van der Waals surface area (Å²) in [6, 6.07) is 15.5. The van der Waals surface area contributed by atoms with E-state index in [2.05, 4.69) is 19.1 Å². The first kappa shape index (κ1) is 8.82. The van der Waals surface area contributed by atoms with E-state index in [0.29, 0.717) is 5.75 Å². The molecule has 0 amide bonds. The average Bonchev–Trinajstić information content (AvgIpc) is 2.18. The first-order chi connectivity index (χ1) is 6.77. The molecular formula is C13H12O. The highest BCUT2D eigenvalue weighted by Gasteiger charge is 2.00. The van der Waals surface area contributed by atoms with Gasteiger partial charge in [-0.3, -0.25) is 0 Å². The normalized spacial score (nSPS) is 10.1. The van der Waals surface area contributed by atoms with Crippen molar-refractivity contribution >= 4 is 0 Å². The van der Waals surface area contributed by atoms with Crippen LogP contribution in [0.1, 0.15) is 5.56 Å². The molecule has 0 bridgehead atoms. The highest BCUT2D eigenvalue weighted by atomic mass is 16.3. The van der Waals surface area contributed by atoms with Crippen molar-refractivity contribution in [1.82, 2.24) is 0 Å². The van der Waals surface area contributed by atoms with Crippen molar-refractivity contribution in [3.8, 4) is 16.9 Å². The Morgan fingerprint density at radius 3 is 2.43 bits per heavy atom. The van der Waals surface area contributed by atoms with Crippen LogP contribution >= 0.6 is 0 Å². The van der Waals surface area contributed by atoms with Gasteiger partial charge in [0.1, 0.15) is 5.75 Å². The molecular weight excluding hydrogens is 172 g/mol. The summed E-state index contributed by atoms with van der Waals surface area (Å²) >= 11 is 0. The van der Waals surface area contributed by atoms with Crippen molar-refractivity contribution in [2.75, 3.05) is 0 Å². The Morgan fingerprint density at radius 2 is 1.71 bits per heavy atom. The molecule has 0 aliphatic carbocycles. The molecule has 1 heteroatoms. The maximum absolute atomic E-state index is 9.37. The average molecular weight is 184 g/mol. The quantitative estimate of drug-likeness (QED) is 0.720. The zero-order valence-corrected chi connectivity index (χ0v) is 8.07. The molecule has 0 radical (unpaired) electrons. The van der Waals surface area contributed by atoms with E-state index >= 15 is 0 Å². The molecule has 2 aromatic rings. The van der Waals surface area contributed by atoms with Gasteiger partial charge in [0.15, 0.2) is 0 Å². The maximum Gasteiger partial charge on any atom is 0.116 e. The fraction of sp³-hybridized carbons (Fsp3) is 0.0769. The minimum atomic E-state index is 0.311. The maximum atomic E-state index is 9.37. The molecule has 0 aliphatic heterocycles. The van der Waals surface area contributed by atoms with Crippen LogP contribution in [0.4, 0.5) is 0 Å². The smallest absolute Gasteiger partial charge is 0.116 e. The zero-order chi connectivity index (χ0) is 9.97. The van der Waals surface area contributed by atoms with Gasteiger partial charge in [-0.15, -0.1) is 0 Å². The van der Waals surface area contributed by atoms with Gasteiger partial charge < -0.3 is 5.11 Å². The van der Waals surface area contributed by atoms with Crippen molar-refractivity contribution in [3.63, 3.8) is 0 Å². The fourth-order valence-corrected chi connectivity index (χ4v) is 1.57. The summed E-state index contributed by atoms with van der Waals surface area (Å²) in [5.41, 5.74) is 3.45. The van der Waals surface area contributed by atoms with Crippen molar-refractivity contribution in [1.29, 1.82) is 0 Å². The van der Waals surface area contributed by atoms with Gasteiger partial charge in [-0.25, -0.2) is 0 Å². The highest BCUT2D eigenvalue weighted by Crippen LogP contribution is 2.25. The van der Waals surface area contributed by atoms with Crippen molar-refractivity contribution in [2.24, 2.45) is 0 Å². The summed E-state index contributed by atoms with van der Waals surface area (Å²) in [5.74, 6) is 0.311. The van der Waals surface area contributed by atoms with Crippen LogP contribution in [-0.2, 0) is 0 Å². The molecule has 0 spiro atoms. The molecule has 0 heterocycles.